The van der Waals surface area contributed by atoms with Crippen LogP contribution in [-0.2, 0) is 10.0 Å². The summed E-state index contributed by atoms with van der Waals surface area (Å²) >= 11 is 0. The number of carboxylic acids is 1. The number of carbonyl (C=O) groups is 1. The highest BCUT2D eigenvalue weighted by atomic mass is 32.2. The quantitative estimate of drug-likeness (QED) is 0.882. The van der Waals surface area contributed by atoms with Crippen molar-refractivity contribution in [3.05, 3.63) is 29.6 Å². The average molecular weight is 261 g/mol. The Morgan fingerprint density at radius 3 is 2.47 bits per heavy atom. The first-order chi connectivity index (χ1) is 7.80. The Kier molecular flexibility index (Phi) is 3.84. The molecule has 1 aromatic carbocycles. The second kappa shape index (κ2) is 4.80. The van der Waals surface area contributed by atoms with Gasteiger partial charge >= 0.3 is 5.97 Å². The van der Waals surface area contributed by atoms with Crippen molar-refractivity contribution in [2.45, 2.75) is 11.8 Å². The van der Waals surface area contributed by atoms with Gasteiger partial charge in [-0.05, 0) is 18.2 Å². The highest BCUT2D eigenvalue weighted by molar-refractivity contribution is 7.89. The van der Waals surface area contributed by atoms with Crippen molar-refractivity contribution in [3.8, 4) is 0 Å². The first kappa shape index (κ1) is 13.6. The van der Waals surface area contributed by atoms with Crippen LogP contribution in [-0.4, -0.2) is 37.4 Å². The van der Waals surface area contributed by atoms with Crippen LogP contribution in [0.1, 0.15) is 17.3 Å². The van der Waals surface area contributed by atoms with E-state index in [1.54, 1.807) is 6.92 Å². The van der Waals surface area contributed by atoms with Crippen molar-refractivity contribution >= 4 is 16.0 Å². The Bertz CT molecular complexity index is 541. The Morgan fingerprint density at radius 1 is 1.47 bits per heavy atom. The third kappa shape index (κ3) is 2.62. The summed E-state index contributed by atoms with van der Waals surface area (Å²) in [4.78, 5) is 10.1. The van der Waals surface area contributed by atoms with E-state index in [-0.39, 0.29) is 12.1 Å². The lowest BCUT2D eigenvalue weighted by Gasteiger charge is -2.15. The molecule has 0 aromatic heterocycles. The number of carboxylic acid groups (broad SMARTS) is 1. The topological polar surface area (TPSA) is 74.7 Å². The number of hydrogen-bond acceptors (Lipinski definition) is 3. The fraction of sp³-hybridized carbons (Fsp3) is 0.300. The molecule has 17 heavy (non-hydrogen) atoms. The number of hydrogen-bond donors (Lipinski definition) is 1. The van der Waals surface area contributed by atoms with Crippen molar-refractivity contribution in [1.82, 2.24) is 4.31 Å². The van der Waals surface area contributed by atoms with E-state index in [9.17, 15) is 17.6 Å². The fourth-order valence-corrected chi connectivity index (χ4v) is 2.40. The largest absolute Gasteiger partial charge is 0.478 e. The maximum atomic E-state index is 13.5. The molecule has 1 N–H and O–H groups in total. The zero-order valence-electron chi connectivity index (χ0n) is 9.34. The van der Waals surface area contributed by atoms with E-state index >= 15 is 0 Å². The highest BCUT2D eigenvalue weighted by Crippen LogP contribution is 2.19. The van der Waals surface area contributed by atoms with Crippen molar-refractivity contribution in [3.63, 3.8) is 0 Å². The van der Waals surface area contributed by atoms with Crippen LogP contribution in [0.15, 0.2) is 23.1 Å². The summed E-state index contributed by atoms with van der Waals surface area (Å²) in [6.45, 7) is 1.81. The fourth-order valence-electron chi connectivity index (χ4n) is 1.18. The molecule has 5 nitrogen and oxygen atoms in total. The molecule has 0 aliphatic rings. The van der Waals surface area contributed by atoms with Gasteiger partial charge in [-0.15, -0.1) is 0 Å². The molecule has 0 radical (unpaired) electrons. The molecular formula is C10H12FNO4S. The Hall–Kier alpha value is -1.47. The van der Waals surface area contributed by atoms with Crippen LogP contribution in [0.5, 0.6) is 0 Å². The van der Waals surface area contributed by atoms with Gasteiger partial charge < -0.3 is 5.11 Å². The maximum Gasteiger partial charge on any atom is 0.335 e. The molecule has 0 atom stereocenters. The van der Waals surface area contributed by atoms with Gasteiger partial charge in [0.2, 0.25) is 10.0 Å². The van der Waals surface area contributed by atoms with Gasteiger partial charge in [-0.1, -0.05) is 6.92 Å². The minimum absolute atomic E-state index is 0.197. The third-order valence-corrected chi connectivity index (χ3v) is 4.28. The standard InChI is InChI=1S/C10H12FNO4S/c1-3-12(2)17(15,16)9-5-4-7(10(13)14)6-8(9)11/h4-6H,3H2,1-2H3,(H,13,14). The van der Waals surface area contributed by atoms with Crippen molar-refractivity contribution in [2.24, 2.45) is 0 Å². The number of sulfonamides is 1. The van der Waals surface area contributed by atoms with Crippen LogP contribution >= 0.6 is 0 Å². The van der Waals surface area contributed by atoms with Gasteiger partial charge in [0, 0.05) is 13.6 Å². The maximum absolute atomic E-state index is 13.5. The van der Waals surface area contributed by atoms with Gasteiger partial charge in [-0.2, -0.15) is 0 Å². The van der Waals surface area contributed by atoms with Gasteiger partial charge in [0.25, 0.3) is 0 Å². The Balaban J connectivity index is 3.31. The molecule has 0 heterocycles. The molecule has 0 saturated heterocycles. The molecule has 0 aliphatic heterocycles. The predicted molar refractivity (Wildman–Crippen MR) is 58.8 cm³/mol. The summed E-state index contributed by atoms with van der Waals surface area (Å²) < 4.78 is 38.1. The van der Waals surface area contributed by atoms with E-state index in [1.807, 2.05) is 0 Å². The van der Waals surface area contributed by atoms with Crippen molar-refractivity contribution in [2.75, 3.05) is 13.6 Å². The van der Waals surface area contributed by atoms with E-state index in [0.717, 1.165) is 16.4 Å². The van der Waals surface area contributed by atoms with Gasteiger partial charge in [-0.25, -0.2) is 21.9 Å². The van der Waals surface area contributed by atoms with Crippen LogP contribution in [0.4, 0.5) is 4.39 Å². The number of benzene rings is 1. The van der Waals surface area contributed by atoms with Gasteiger partial charge in [0.15, 0.2) is 0 Å². The summed E-state index contributed by atoms with van der Waals surface area (Å²) in [5, 5.41) is 8.63. The number of aromatic carboxylic acids is 1. The van der Waals surface area contributed by atoms with Crippen LogP contribution in [0.25, 0.3) is 0 Å². The minimum Gasteiger partial charge on any atom is -0.478 e. The smallest absolute Gasteiger partial charge is 0.335 e. The molecule has 0 bridgehead atoms. The number of nitrogens with zero attached hydrogens (tertiary/aromatic N) is 1. The molecule has 0 saturated carbocycles. The van der Waals surface area contributed by atoms with Crippen LogP contribution in [0.2, 0.25) is 0 Å². The van der Waals surface area contributed by atoms with Crippen LogP contribution < -0.4 is 0 Å². The van der Waals surface area contributed by atoms with Crippen molar-refractivity contribution in [1.29, 1.82) is 0 Å². The summed E-state index contributed by atoms with van der Waals surface area (Å²) in [6.07, 6.45) is 0. The second-order valence-electron chi connectivity index (χ2n) is 3.37. The summed E-state index contributed by atoms with van der Waals surface area (Å²) in [5.41, 5.74) is -0.291. The second-order valence-corrected chi connectivity index (χ2v) is 5.38. The van der Waals surface area contributed by atoms with E-state index in [1.165, 1.54) is 7.05 Å². The molecule has 1 rings (SSSR count). The first-order valence-electron chi connectivity index (χ1n) is 4.80. The lowest BCUT2D eigenvalue weighted by molar-refractivity contribution is 0.0696. The monoisotopic (exact) mass is 261 g/mol. The normalized spacial score (nSPS) is 11.8. The van der Waals surface area contributed by atoms with Gasteiger partial charge in [0.1, 0.15) is 10.7 Å². The Morgan fingerprint density at radius 2 is 2.06 bits per heavy atom. The summed E-state index contributed by atoms with van der Waals surface area (Å²) in [6, 6.07) is 2.71. The summed E-state index contributed by atoms with van der Waals surface area (Å²) in [5.74, 6) is -2.37. The first-order valence-corrected chi connectivity index (χ1v) is 6.24. The lowest BCUT2D eigenvalue weighted by Crippen LogP contribution is -2.27. The molecule has 94 valence electrons. The SMILES string of the molecule is CCN(C)S(=O)(=O)c1ccc(C(=O)O)cc1F. The average Bonchev–Trinajstić information content (AvgIpc) is 2.27. The van der Waals surface area contributed by atoms with Crippen molar-refractivity contribution < 1.29 is 22.7 Å². The molecule has 1 aromatic rings. The summed E-state index contributed by atoms with van der Waals surface area (Å²) in [7, 11) is -2.58. The molecule has 0 amide bonds. The molecule has 0 aliphatic carbocycles. The van der Waals surface area contributed by atoms with E-state index in [0.29, 0.717) is 6.07 Å². The van der Waals surface area contributed by atoms with E-state index in [4.69, 9.17) is 5.11 Å². The number of halogens is 1. The Labute approximate surface area is 98.5 Å². The van der Waals surface area contributed by atoms with Crippen LogP contribution in [0, 0.1) is 5.82 Å². The third-order valence-electron chi connectivity index (χ3n) is 2.31. The molecule has 0 unspecified atom stereocenters. The molecule has 7 heteroatoms. The molecule has 0 fully saturated rings. The molecular weight excluding hydrogens is 249 g/mol. The van der Waals surface area contributed by atoms with Gasteiger partial charge in [-0.3, -0.25) is 0 Å². The highest BCUT2D eigenvalue weighted by Gasteiger charge is 2.24. The van der Waals surface area contributed by atoms with E-state index in [2.05, 4.69) is 0 Å². The predicted octanol–water partition coefficient (Wildman–Crippen LogP) is 1.16. The minimum atomic E-state index is -3.90. The molecule has 0 spiro atoms. The number of rotatable bonds is 4. The zero-order valence-corrected chi connectivity index (χ0v) is 10.2. The van der Waals surface area contributed by atoms with E-state index < -0.39 is 26.7 Å². The van der Waals surface area contributed by atoms with Gasteiger partial charge in [0.05, 0.1) is 5.56 Å². The lowest BCUT2D eigenvalue weighted by atomic mass is 10.2. The van der Waals surface area contributed by atoms with Crippen LogP contribution in [0.3, 0.4) is 0 Å². The zero-order chi connectivity index (χ0) is 13.2.